The number of esters is 1. The Kier molecular flexibility index (Phi) is 10.2. The van der Waals surface area contributed by atoms with E-state index in [-0.39, 0.29) is 30.3 Å². The first-order chi connectivity index (χ1) is 18.7. The van der Waals surface area contributed by atoms with Gasteiger partial charge in [-0.25, -0.2) is 28.6 Å². The van der Waals surface area contributed by atoms with Crippen LogP contribution in [0, 0.1) is 11.6 Å². The molecule has 0 aliphatic heterocycles. The molecule has 0 saturated heterocycles. The van der Waals surface area contributed by atoms with Crippen molar-refractivity contribution in [3.05, 3.63) is 70.8 Å². The molecule has 0 aliphatic rings. The van der Waals surface area contributed by atoms with Gasteiger partial charge in [0.1, 0.15) is 22.2 Å². The second-order valence-electron chi connectivity index (χ2n) is 7.91. The van der Waals surface area contributed by atoms with Crippen molar-refractivity contribution in [2.24, 2.45) is 0 Å². The van der Waals surface area contributed by atoms with E-state index < -0.39 is 41.8 Å². The Balaban J connectivity index is 2.27. The van der Waals surface area contributed by atoms with Crippen molar-refractivity contribution in [3.8, 4) is 10.4 Å². The highest BCUT2D eigenvalue weighted by molar-refractivity contribution is 7.20. The van der Waals surface area contributed by atoms with Gasteiger partial charge in [0.15, 0.2) is 0 Å². The third kappa shape index (κ3) is 7.00. The standard InChI is InChI=1S/C26H28F2N4O6S/c1-4-37-24(33)21-17(13-30-25(34)31-36-3)22(15-9-11-16(29)12-10-15)39-23(21)32(26(35)38-5-2)14-18-19(27)7-6-8-20(18)28/h6-12H,4-5,13-14,29H2,1-3H3,(H2,30,31,34). The smallest absolute Gasteiger partial charge is 0.415 e. The van der Waals surface area contributed by atoms with Crippen molar-refractivity contribution in [2.75, 3.05) is 31.0 Å². The molecule has 39 heavy (non-hydrogen) atoms. The van der Waals surface area contributed by atoms with Crippen LogP contribution in [-0.4, -0.2) is 38.4 Å². The molecule has 3 aromatic rings. The van der Waals surface area contributed by atoms with Gasteiger partial charge in [0, 0.05) is 28.2 Å². The summed E-state index contributed by atoms with van der Waals surface area (Å²) in [5, 5.41) is 2.60. The topological polar surface area (TPSA) is 132 Å². The van der Waals surface area contributed by atoms with Crippen molar-refractivity contribution in [1.29, 1.82) is 0 Å². The van der Waals surface area contributed by atoms with Crippen LogP contribution in [0.25, 0.3) is 10.4 Å². The Morgan fingerprint density at radius 3 is 2.21 bits per heavy atom. The first-order valence-electron chi connectivity index (χ1n) is 11.8. The fourth-order valence-electron chi connectivity index (χ4n) is 3.65. The number of nitrogens with two attached hydrogens (primary N) is 1. The van der Waals surface area contributed by atoms with Gasteiger partial charge in [-0.3, -0.25) is 9.74 Å². The van der Waals surface area contributed by atoms with Crippen molar-refractivity contribution in [3.63, 3.8) is 0 Å². The first-order valence-corrected chi connectivity index (χ1v) is 12.7. The summed E-state index contributed by atoms with van der Waals surface area (Å²) in [6.45, 7) is 2.37. The number of hydrogen-bond donors (Lipinski definition) is 3. The second kappa shape index (κ2) is 13.5. The van der Waals surface area contributed by atoms with Crippen molar-refractivity contribution >= 4 is 40.1 Å². The van der Waals surface area contributed by atoms with Gasteiger partial charge in [0.25, 0.3) is 0 Å². The van der Waals surface area contributed by atoms with Gasteiger partial charge in [0.2, 0.25) is 0 Å². The number of hydroxylamine groups is 1. The number of nitrogens with zero attached hydrogens (tertiary/aromatic N) is 1. The molecular formula is C26H28F2N4O6S. The molecule has 208 valence electrons. The third-order valence-corrected chi connectivity index (χ3v) is 6.68. The minimum Gasteiger partial charge on any atom is -0.462 e. The zero-order chi connectivity index (χ0) is 28.5. The summed E-state index contributed by atoms with van der Waals surface area (Å²) in [6, 6.07) is 9.31. The van der Waals surface area contributed by atoms with Crippen LogP contribution in [0.1, 0.15) is 35.3 Å². The minimum absolute atomic E-state index is 0.00367. The molecule has 0 radical (unpaired) electrons. The molecule has 10 nitrogen and oxygen atoms in total. The lowest BCUT2D eigenvalue weighted by molar-refractivity contribution is 0.0526. The SMILES string of the molecule is CCOC(=O)c1c(N(Cc2c(F)cccc2F)C(=O)OCC)sc(-c2ccc(N)cc2)c1CNC(=O)NOC. The Morgan fingerprint density at radius 2 is 1.62 bits per heavy atom. The Labute approximate surface area is 227 Å². The van der Waals surface area contributed by atoms with E-state index in [0.29, 0.717) is 21.7 Å². The van der Waals surface area contributed by atoms with Crippen LogP contribution in [-0.2, 0) is 27.4 Å². The highest BCUT2D eigenvalue weighted by Crippen LogP contribution is 2.44. The molecule has 1 aromatic heterocycles. The molecule has 3 amide bonds. The number of carbonyl (C=O) groups is 3. The molecule has 3 rings (SSSR count). The monoisotopic (exact) mass is 562 g/mol. The molecule has 0 spiro atoms. The van der Waals surface area contributed by atoms with Crippen LogP contribution in [0.3, 0.4) is 0 Å². The number of halogens is 2. The number of carbonyl (C=O) groups excluding carboxylic acids is 3. The van der Waals surface area contributed by atoms with E-state index >= 15 is 0 Å². The lowest BCUT2D eigenvalue weighted by Gasteiger charge is -2.22. The molecule has 0 aliphatic carbocycles. The number of benzene rings is 2. The van der Waals surface area contributed by atoms with Gasteiger partial charge in [-0.1, -0.05) is 18.2 Å². The molecule has 0 bridgehead atoms. The number of amides is 3. The van der Waals surface area contributed by atoms with Crippen molar-refractivity contribution in [1.82, 2.24) is 10.8 Å². The molecule has 0 unspecified atom stereocenters. The fraction of sp³-hybridized carbons (Fsp3) is 0.269. The van der Waals surface area contributed by atoms with E-state index in [1.54, 1.807) is 38.1 Å². The number of anilines is 2. The van der Waals surface area contributed by atoms with Gasteiger partial charge < -0.3 is 20.5 Å². The normalized spacial score (nSPS) is 10.6. The summed E-state index contributed by atoms with van der Waals surface area (Å²) in [5.41, 5.74) is 8.88. The molecule has 13 heteroatoms. The van der Waals surface area contributed by atoms with Crippen LogP contribution in [0.5, 0.6) is 0 Å². The Hall–Kier alpha value is -4.23. The Morgan fingerprint density at radius 1 is 0.974 bits per heavy atom. The largest absolute Gasteiger partial charge is 0.462 e. The van der Waals surface area contributed by atoms with E-state index in [2.05, 4.69) is 15.6 Å². The molecular weight excluding hydrogens is 534 g/mol. The summed E-state index contributed by atoms with van der Waals surface area (Å²) in [5.74, 6) is -2.57. The van der Waals surface area contributed by atoms with Gasteiger partial charge >= 0.3 is 18.1 Å². The van der Waals surface area contributed by atoms with Gasteiger partial charge in [-0.05, 0) is 43.7 Å². The van der Waals surface area contributed by atoms with Crippen LogP contribution in [0.4, 0.5) is 29.1 Å². The molecule has 2 aromatic carbocycles. The summed E-state index contributed by atoms with van der Waals surface area (Å²) in [4.78, 5) is 44.7. The average molecular weight is 563 g/mol. The number of nitrogen functional groups attached to an aromatic ring is 1. The zero-order valence-electron chi connectivity index (χ0n) is 21.5. The maximum atomic E-state index is 14.6. The molecule has 0 fully saturated rings. The lowest BCUT2D eigenvalue weighted by Crippen LogP contribution is -2.35. The summed E-state index contributed by atoms with van der Waals surface area (Å²) in [6.07, 6.45) is -0.938. The highest BCUT2D eigenvalue weighted by atomic mass is 32.1. The van der Waals surface area contributed by atoms with E-state index in [1.165, 1.54) is 13.2 Å². The van der Waals surface area contributed by atoms with Crippen molar-refractivity contribution < 1.29 is 37.5 Å². The number of hydrogen-bond acceptors (Lipinski definition) is 8. The molecule has 1 heterocycles. The Bertz CT molecular complexity index is 1310. The third-order valence-electron chi connectivity index (χ3n) is 5.37. The van der Waals surface area contributed by atoms with E-state index in [4.69, 9.17) is 15.2 Å². The fourth-order valence-corrected chi connectivity index (χ4v) is 4.95. The van der Waals surface area contributed by atoms with E-state index in [1.807, 2.05) is 0 Å². The number of ether oxygens (including phenoxy) is 2. The van der Waals surface area contributed by atoms with Crippen LogP contribution in [0.2, 0.25) is 0 Å². The molecule has 0 saturated carbocycles. The molecule has 4 N–H and O–H groups in total. The maximum Gasteiger partial charge on any atom is 0.415 e. The van der Waals surface area contributed by atoms with Gasteiger partial charge in [-0.2, -0.15) is 0 Å². The predicted molar refractivity (Wildman–Crippen MR) is 142 cm³/mol. The van der Waals surface area contributed by atoms with Crippen LogP contribution < -0.4 is 21.4 Å². The lowest BCUT2D eigenvalue weighted by atomic mass is 10.0. The van der Waals surface area contributed by atoms with Crippen molar-refractivity contribution in [2.45, 2.75) is 26.9 Å². The predicted octanol–water partition coefficient (Wildman–Crippen LogP) is 4.98. The highest BCUT2D eigenvalue weighted by Gasteiger charge is 2.33. The van der Waals surface area contributed by atoms with Gasteiger partial charge in [0.05, 0.1) is 26.9 Å². The average Bonchev–Trinajstić information content (AvgIpc) is 3.27. The number of rotatable bonds is 10. The summed E-state index contributed by atoms with van der Waals surface area (Å²) >= 11 is 0.993. The van der Waals surface area contributed by atoms with Gasteiger partial charge in [-0.15, -0.1) is 11.3 Å². The van der Waals surface area contributed by atoms with Crippen LogP contribution >= 0.6 is 11.3 Å². The second-order valence-corrected chi connectivity index (χ2v) is 8.91. The summed E-state index contributed by atoms with van der Waals surface area (Å²) in [7, 11) is 1.26. The number of urea groups is 1. The number of nitrogens with one attached hydrogen (secondary N) is 2. The van der Waals surface area contributed by atoms with E-state index in [0.717, 1.165) is 28.4 Å². The maximum absolute atomic E-state index is 14.6. The quantitative estimate of drug-likeness (QED) is 0.180. The van der Waals surface area contributed by atoms with Crippen LogP contribution in [0.15, 0.2) is 42.5 Å². The first kappa shape index (κ1) is 29.3. The number of thiophene rings is 1. The summed E-state index contributed by atoms with van der Waals surface area (Å²) < 4.78 is 39.8. The minimum atomic E-state index is -0.938. The molecule has 0 atom stereocenters. The van der Waals surface area contributed by atoms with E-state index in [9.17, 15) is 23.2 Å². The zero-order valence-corrected chi connectivity index (χ0v) is 22.3.